The van der Waals surface area contributed by atoms with E-state index in [9.17, 15) is 13.5 Å². The molecule has 2 fully saturated rings. The van der Waals surface area contributed by atoms with Crippen molar-refractivity contribution in [1.29, 1.82) is 0 Å². The Morgan fingerprint density at radius 1 is 1.13 bits per heavy atom. The van der Waals surface area contributed by atoms with Crippen LogP contribution >= 0.6 is 0 Å². The molecule has 166 valence electrons. The second-order valence-electron chi connectivity index (χ2n) is 8.46. The summed E-state index contributed by atoms with van der Waals surface area (Å²) in [5.41, 5.74) is 1.79. The number of aliphatic hydroxyl groups is 1. The highest BCUT2D eigenvalue weighted by atomic mass is 32.2. The van der Waals surface area contributed by atoms with E-state index in [2.05, 4.69) is 16.8 Å². The molecule has 2 N–H and O–H groups in total. The Morgan fingerprint density at radius 2 is 1.80 bits per heavy atom. The summed E-state index contributed by atoms with van der Waals surface area (Å²) in [5.74, 6) is 1.35. The summed E-state index contributed by atoms with van der Waals surface area (Å²) in [4.78, 5) is 5.33. The van der Waals surface area contributed by atoms with Crippen LogP contribution < -0.4 is 4.74 Å². The van der Waals surface area contributed by atoms with Crippen LogP contribution in [-0.4, -0.2) is 84.9 Å². The van der Waals surface area contributed by atoms with Crippen molar-refractivity contribution in [2.75, 3.05) is 52.9 Å². The van der Waals surface area contributed by atoms with E-state index >= 15 is 0 Å². The summed E-state index contributed by atoms with van der Waals surface area (Å²) in [6.45, 7) is 6.04. The number of aliphatic hydroxyl groups excluding tert-OH is 1. The third kappa shape index (κ3) is 4.36. The molecule has 2 aliphatic rings. The molecular weight excluding hydrogens is 404 g/mol. The average molecular weight is 437 g/mol. The molecule has 0 bridgehead atoms. The minimum Gasteiger partial charge on any atom is -0.497 e. The fourth-order valence-electron chi connectivity index (χ4n) is 4.39. The summed E-state index contributed by atoms with van der Waals surface area (Å²) in [6.07, 6.45) is 3.05. The number of rotatable bonds is 6. The van der Waals surface area contributed by atoms with Crippen LogP contribution in [0, 0.1) is 5.92 Å². The zero-order valence-corrected chi connectivity index (χ0v) is 18.6. The van der Waals surface area contributed by atoms with Gasteiger partial charge >= 0.3 is 0 Å². The van der Waals surface area contributed by atoms with Gasteiger partial charge in [-0.1, -0.05) is 6.92 Å². The fraction of sp³-hybridized carbons (Fsp3) is 0.619. The number of hydrogen-bond acceptors (Lipinski definition) is 5. The summed E-state index contributed by atoms with van der Waals surface area (Å²) >= 11 is 0. The van der Waals surface area contributed by atoms with Crippen LogP contribution in [-0.2, 0) is 10.2 Å². The van der Waals surface area contributed by atoms with Crippen molar-refractivity contribution in [3.63, 3.8) is 0 Å². The number of aromatic nitrogens is 1. The number of ether oxygens (including phenoxy) is 1. The van der Waals surface area contributed by atoms with E-state index in [1.165, 1.54) is 0 Å². The molecule has 0 aliphatic carbocycles. The van der Waals surface area contributed by atoms with E-state index in [0.29, 0.717) is 51.7 Å². The van der Waals surface area contributed by atoms with Crippen LogP contribution in [0.1, 0.15) is 31.4 Å². The quantitative estimate of drug-likeness (QED) is 0.721. The lowest BCUT2D eigenvalue weighted by molar-refractivity contribution is 0.0911. The van der Waals surface area contributed by atoms with Crippen LogP contribution in [0.2, 0.25) is 0 Å². The van der Waals surface area contributed by atoms with Gasteiger partial charge in [-0.05, 0) is 37.0 Å². The Hall–Kier alpha value is -1.65. The van der Waals surface area contributed by atoms with Crippen molar-refractivity contribution in [1.82, 2.24) is 18.5 Å². The highest BCUT2D eigenvalue weighted by molar-refractivity contribution is 7.86. The average Bonchev–Trinajstić information content (AvgIpc) is 3.17. The summed E-state index contributed by atoms with van der Waals surface area (Å²) in [7, 11) is -1.75. The number of fused-ring (bicyclic) bond motifs is 1. The molecule has 2 aliphatic heterocycles. The molecular formula is C21H32N4O4S. The Bertz CT molecular complexity index is 961. The molecule has 2 saturated heterocycles. The number of H-pyrrole nitrogens is 1. The van der Waals surface area contributed by atoms with Gasteiger partial charge in [0, 0.05) is 68.5 Å². The Labute approximate surface area is 178 Å². The van der Waals surface area contributed by atoms with E-state index in [1.807, 2.05) is 24.4 Å². The van der Waals surface area contributed by atoms with E-state index in [-0.39, 0.29) is 0 Å². The Kier molecular flexibility index (Phi) is 6.36. The highest BCUT2D eigenvalue weighted by Gasteiger charge is 2.34. The molecule has 0 spiro atoms. The first-order valence-electron chi connectivity index (χ1n) is 10.7. The Balaban J connectivity index is 1.36. The highest BCUT2D eigenvalue weighted by Crippen LogP contribution is 2.29. The van der Waals surface area contributed by atoms with Crippen molar-refractivity contribution in [2.24, 2.45) is 5.92 Å². The smallest absolute Gasteiger partial charge is 0.282 e. The van der Waals surface area contributed by atoms with E-state index in [1.54, 1.807) is 15.7 Å². The van der Waals surface area contributed by atoms with Crippen LogP contribution in [0.3, 0.4) is 0 Å². The molecule has 3 heterocycles. The van der Waals surface area contributed by atoms with Crippen molar-refractivity contribution >= 4 is 21.1 Å². The zero-order chi connectivity index (χ0) is 21.3. The molecule has 0 radical (unpaired) electrons. The maximum absolute atomic E-state index is 12.9. The number of piperazine rings is 1. The maximum Gasteiger partial charge on any atom is 0.282 e. The predicted molar refractivity (Wildman–Crippen MR) is 117 cm³/mol. The topological polar surface area (TPSA) is 89.1 Å². The molecule has 0 unspecified atom stereocenters. The van der Waals surface area contributed by atoms with Gasteiger partial charge in [-0.3, -0.25) is 4.90 Å². The van der Waals surface area contributed by atoms with Crippen molar-refractivity contribution in [3.05, 3.63) is 30.0 Å². The lowest BCUT2D eigenvalue weighted by Crippen LogP contribution is -2.54. The summed E-state index contributed by atoms with van der Waals surface area (Å²) < 4.78 is 34.4. The van der Waals surface area contributed by atoms with Crippen LogP contribution in [0.25, 0.3) is 10.9 Å². The van der Waals surface area contributed by atoms with Crippen molar-refractivity contribution < 1.29 is 18.3 Å². The lowest BCUT2D eigenvalue weighted by Gasteiger charge is -2.38. The number of piperidine rings is 1. The first-order valence-corrected chi connectivity index (χ1v) is 12.1. The number of β-amino-alcohol motifs (C(OH)–C–C–N with tert-alkyl or cyclic N) is 1. The fourth-order valence-corrected chi connectivity index (χ4v) is 6.01. The minimum atomic E-state index is -3.38. The zero-order valence-electron chi connectivity index (χ0n) is 17.7. The third-order valence-electron chi connectivity index (χ3n) is 6.44. The van der Waals surface area contributed by atoms with E-state index < -0.39 is 16.3 Å². The van der Waals surface area contributed by atoms with Crippen LogP contribution in [0.15, 0.2) is 24.4 Å². The molecule has 8 nitrogen and oxygen atoms in total. The van der Waals surface area contributed by atoms with Crippen LogP contribution in [0.5, 0.6) is 5.75 Å². The van der Waals surface area contributed by atoms with Gasteiger partial charge < -0.3 is 14.8 Å². The van der Waals surface area contributed by atoms with Gasteiger partial charge in [0.15, 0.2) is 0 Å². The molecule has 9 heteroatoms. The number of benzene rings is 1. The first-order chi connectivity index (χ1) is 14.4. The molecule has 1 atom stereocenters. The standard InChI is InChI=1S/C21H32N4O4S/c1-16-5-7-24(8-6-16)30(27,28)25-11-9-23(10-12-25)15-21(26)19-14-22-20-4-3-17(29-2)13-18(19)20/h3-4,13-14,16,21-22,26H,5-12,15H2,1-2H3/t21-/m0/s1. The minimum absolute atomic E-state index is 0.461. The van der Waals surface area contributed by atoms with Gasteiger partial charge in [-0.25, -0.2) is 0 Å². The summed E-state index contributed by atoms with van der Waals surface area (Å²) in [5, 5.41) is 11.8. The number of methoxy groups -OCH3 is 1. The second-order valence-corrected chi connectivity index (χ2v) is 10.4. The lowest BCUT2D eigenvalue weighted by atomic mass is 10.0. The number of nitrogens with zero attached hydrogens (tertiary/aromatic N) is 3. The summed E-state index contributed by atoms with van der Waals surface area (Å²) in [6, 6.07) is 5.75. The molecule has 1 aromatic heterocycles. The number of hydrogen-bond donors (Lipinski definition) is 2. The van der Waals surface area contributed by atoms with Gasteiger partial charge in [-0.15, -0.1) is 0 Å². The first kappa shape index (κ1) is 21.6. The largest absolute Gasteiger partial charge is 0.497 e. The van der Waals surface area contributed by atoms with Crippen molar-refractivity contribution in [3.8, 4) is 5.75 Å². The number of aromatic amines is 1. The monoisotopic (exact) mass is 436 g/mol. The second kappa shape index (κ2) is 8.84. The van der Waals surface area contributed by atoms with Crippen LogP contribution in [0.4, 0.5) is 0 Å². The third-order valence-corrected chi connectivity index (χ3v) is 8.47. The maximum atomic E-state index is 12.9. The molecule has 0 saturated carbocycles. The Morgan fingerprint density at radius 3 is 2.47 bits per heavy atom. The van der Waals surface area contributed by atoms with Gasteiger partial charge in [0.05, 0.1) is 13.2 Å². The molecule has 30 heavy (non-hydrogen) atoms. The molecule has 0 amide bonds. The predicted octanol–water partition coefficient (Wildman–Crippen LogP) is 1.80. The molecule has 4 rings (SSSR count). The number of nitrogens with one attached hydrogen (secondary N) is 1. The van der Waals surface area contributed by atoms with Gasteiger partial charge in [0.2, 0.25) is 0 Å². The SMILES string of the molecule is COc1ccc2[nH]cc([C@@H](O)CN3CCN(S(=O)(=O)N4CCC(C)CC4)CC3)c2c1. The van der Waals surface area contributed by atoms with E-state index in [4.69, 9.17) is 4.74 Å². The molecule has 1 aromatic carbocycles. The van der Waals surface area contributed by atoms with Gasteiger partial charge in [0.25, 0.3) is 10.2 Å². The van der Waals surface area contributed by atoms with E-state index in [0.717, 1.165) is 35.1 Å². The van der Waals surface area contributed by atoms with Gasteiger partial charge in [-0.2, -0.15) is 17.0 Å². The van der Waals surface area contributed by atoms with Crippen molar-refractivity contribution in [2.45, 2.75) is 25.9 Å². The molecule has 2 aromatic rings. The van der Waals surface area contributed by atoms with Gasteiger partial charge in [0.1, 0.15) is 5.75 Å². The normalized spacial score (nSPS) is 21.8.